The lowest BCUT2D eigenvalue weighted by Crippen LogP contribution is -2.87. The summed E-state index contributed by atoms with van der Waals surface area (Å²) in [7, 11) is -12.3. The summed E-state index contributed by atoms with van der Waals surface area (Å²) in [4.78, 5) is 29.8. The molecule has 236 valence electrons. The maximum Gasteiger partial charge on any atom is 0.311 e. The first-order valence-electron chi connectivity index (χ1n) is 13.1. The Bertz CT molecular complexity index is 1530. The van der Waals surface area contributed by atoms with Crippen LogP contribution in [0.2, 0.25) is 38.3 Å². The van der Waals surface area contributed by atoms with Gasteiger partial charge in [0.2, 0.25) is 0 Å². The molecular weight excluding hydrogens is 637 g/mol. The molecule has 2 rings (SSSR count). The summed E-state index contributed by atoms with van der Waals surface area (Å²) in [5.41, 5.74) is 9.04. The lowest BCUT2D eigenvalue weighted by Gasteiger charge is -2.34. The van der Waals surface area contributed by atoms with E-state index in [1.165, 1.54) is 48.5 Å². The van der Waals surface area contributed by atoms with Crippen molar-refractivity contribution in [3.8, 4) is 11.5 Å². The zero-order valence-electron chi connectivity index (χ0n) is 24.3. The van der Waals surface area contributed by atoms with E-state index < -0.39 is 48.6 Å². The molecular formula is C24H36N6O9S2Si2. The number of esters is 2. The van der Waals surface area contributed by atoms with E-state index >= 15 is 0 Å². The molecule has 0 bridgehead atoms. The number of sulfonamides is 2. The van der Waals surface area contributed by atoms with E-state index in [0.717, 1.165) is 6.04 Å². The molecule has 0 aliphatic heterocycles. The van der Waals surface area contributed by atoms with Crippen LogP contribution in [0, 0.1) is 0 Å². The number of nitrogens with two attached hydrogens (primary N) is 2. The smallest absolute Gasteiger partial charge is 0.311 e. The summed E-state index contributed by atoms with van der Waals surface area (Å²) >= 11 is 0. The van der Waals surface area contributed by atoms with Crippen LogP contribution in [0.1, 0.15) is 25.7 Å². The zero-order valence-corrected chi connectivity index (χ0v) is 27.9. The normalized spacial score (nSPS) is 12.3. The number of rotatable bonds is 17. The van der Waals surface area contributed by atoms with Gasteiger partial charge in [0.05, 0.1) is 9.79 Å². The summed E-state index contributed by atoms with van der Waals surface area (Å²) in [6.45, 7) is 8.31. The van der Waals surface area contributed by atoms with Gasteiger partial charge in [-0.15, -0.1) is 0 Å². The summed E-state index contributed by atoms with van der Waals surface area (Å²) in [5.74, 6) is 4.53. The van der Waals surface area contributed by atoms with Gasteiger partial charge in [-0.1, -0.05) is 0 Å². The molecule has 0 heterocycles. The van der Waals surface area contributed by atoms with Gasteiger partial charge < -0.3 is 24.0 Å². The topological polar surface area (TPSA) is 236 Å². The molecule has 0 aromatic heterocycles. The zero-order chi connectivity index (χ0) is 32.3. The Balaban J connectivity index is 1.75. The van der Waals surface area contributed by atoms with Crippen LogP contribution in [0.15, 0.2) is 62.8 Å². The van der Waals surface area contributed by atoms with Gasteiger partial charge in [-0.3, -0.25) is 9.59 Å². The molecule has 15 nitrogen and oxygen atoms in total. The largest absolute Gasteiger partial charge is 0.455 e. The van der Waals surface area contributed by atoms with Crippen LogP contribution in [-0.4, -0.2) is 45.4 Å². The molecule has 2 aromatic carbocycles. The number of benzene rings is 2. The summed E-state index contributed by atoms with van der Waals surface area (Å²) < 4.78 is 67.1. The van der Waals surface area contributed by atoms with Crippen LogP contribution < -0.4 is 20.9 Å². The lowest BCUT2D eigenvalue weighted by atomic mass is 10.3. The fourth-order valence-corrected chi connectivity index (χ4v) is 14.4. The van der Waals surface area contributed by atoms with E-state index in [9.17, 15) is 26.4 Å². The molecule has 0 atom stereocenters. The number of ether oxygens (including phenoxy) is 2. The van der Waals surface area contributed by atoms with Crippen molar-refractivity contribution in [1.82, 2.24) is 0 Å². The monoisotopic (exact) mass is 672 g/mol. The second-order valence-electron chi connectivity index (χ2n) is 10.6. The van der Waals surface area contributed by atoms with Crippen LogP contribution in [0.25, 0.3) is 15.3 Å². The third-order valence-corrected chi connectivity index (χ3v) is 15.9. The first kappa shape index (κ1) is 36.1. The van der Waals surface area contributed by atoms with E-state index in [2.05, 4.69) is 40.5 Å². The average Bonchev–Trinajstić information content (AvgIpc) is 2.88. The minimum Gasteiger partial charge on any atom is -0.455 e. The molecule has 0 saturated carbocycles. The predicted octanol–water partition coefficient (Wildman–Crippen LogP) is 3.60. The molecule has 0 aliphatic rings. The maximum absolute atomic E-state index is 12.3. The van der Waals surface area contributed by atoms with E-state index in [1.807, 2.05) is 0 Å². The number of nitrogens with zero attached hydrogens (tertiary/aromatic N) is 4. The molecule has 0 fully saturated rings. The van der Waals surface area contributed by atoms with Crippen molar-refractivity contribution in [3.05, 3.63) is 63.8 Å². The number of carbonyl (C=O) groups is 2. The van der Waals surface area contributed by atoms with E-state index in [4.69, 9.17) is 25.0 Å². The molecule has 19 heteroatoms. The van der Waals surface area contributed by atoms with Gasteiger partial charge in [0, 0.05) is 22.3 Å². The van der Waals surface area contributed by atoms with E-state index in [0.29, 0.717) is 24.4 Å². The highest BCUT2D eigenvalue weighted by molar-refractivity contribution is 7.93. The van der Waals surface area contributed by atoms with Crippen molar-refractivity contribution in [3.63, 3.8) is 0 Å². The fraction of sp³-hybridized carbons (Fsp3) is 0.417. The number of azide groups is 1. The fourth-order valence-electron chi connectivity index (χ4n) is 4.13. The van der Waals surface area contributed by atoms with Gasteiger partial charge in [0.1, 0.15) is 21.5 Å². The Kier molecular flexibility index (Phi) is 13.0. The highest BCUT2D eigenvalue weighted by Crippen LogP contribution is 2.26. The Hall–Kier alpha value is -3.14. The second kappa shape index (κ2) is 15.5. The van der Waals surface area contributed by atoms with Crippen molar-refractivity contribution in [2.75, 3.05) is 0 Å². The molecule has 43 heavy (non-hydrogen) atoms. The van der Waals surface area contributed by atoms with Crippen molar-refractivity contribution < 1.29 is 45.5 Å². The summed E-state index contributed by atoms with van der Waals surface area (Å²) in [6.07, 6.45) is 1.44. The highest BCUT2D eigenvalue weighted by Gasteiger charge is 2.32. The molecule has 0 radical (unpaired) electrons. The third kappa shape index (κ3) is 12.6. The minimum atomic E-state index is -4.12. The number of hydrogen-bond acceptors (Lipinski definition) is 10. The van der Waals surface area contributed by atoms with Gasteiger partial charge in [0.15, 0.2) is 16.6 Å². The Labute approximate surface area is 253 Å². The van der Waals surface area contributed by atoms with Crippen LogP contribution in [-0.2, 0) is 33.8 Å². The second-order valence-corrected chi connectivity index (χ2v) is 22.7. The van der Waals surface area contributed by atoms with Crippen molar-refractivity contribution in [2.45, 2.75) is 73.8 Å². The number of carbonyl (C=O) groups excluding carboxylic acids is 2. The first-order valence-corrected chi connectivity index (χ1v) is 22.2. The Morgan fingerprint density at radius 2 is 1.26 bits per heavy atom. The standard InChI is InChI=1S/C24H36N6O9S2Si2/c1-42(2,17-5-7-23(31)37-19-9-13-21(14-10-19)40(33,34)29-27-25)39-43(3,4)18-6-8-24(32)38-20-11-15-22(16-12-20)41(35,36)30-28-26/h9-16H,5-8,17-18,25,27H2,1-4H3. The van der Waals surface area contributed by atoms with Gasteiger partial charge in [-0.25, -0.2) is 16.8 Å². The Morgan fingerprint density at radius 3 is 1.65 bits per heavy atom. The summed E-state index contributed by atoms with van der Waals surface area (Å²) in [5, 5.41) is 0. The van der Waals surface area contributed by atoms with Crippen molar-refractivity contribution in [1.29, 1.82) is 0 Å². The first-order chi connectivity index (χ1) is 20.0. The predicted molar refractivity (Wildman–Crippen MR) is 161 cm³/mol. The quantitative estimate of drug-likeness (QED) is 0.0362. The number of quaternary nitrogens is 1. The van der Waals surface area contributed by atoms with Crippen LogP contribution in [0.5, 0.6) is 11.5 Å². The maximum atomic E-state index is 12.3. The molecule has 0 spiro atoms. The molecule has 0 amide bonds. The van der Waals surface area contributed by atoms with Gasteiger partial charge in [-0.2, -0.15) is 5.84 Å². The van der Waals surface area contributed by atoms with Crippen LogP contribution in [0.4, 0.5) is 0 Å². The van der Waals surface area contributed by atoms with Crippen LogP contribution >= 0.6 is 0 Å². The molecule has 4 N–H and O–H groups in total. The molecule has 2 aromatic rings. The van der Waals surface area contributed by atoms with E-state index in [-0.39, 0.29) is 34.1 Å². The molecule has 0 aliphatic carbocycles. The van der Waals surface area contributed by atoms with Crippen LogP contribution in [0.3, 0.4) is 0 Å². The van der Waals surface area contributed by atoms with Gasteiger partial charge in [-0.05, 0) is 105 Å². The lowest BCUT2D eigenvalue weighted by molar-refractivity contribution is -0.610. The van der Waals surface area contributed by atoms with Crippen molar-refractivity contribution in [2.24, 2.45) is 10.4 Å². The number of hydrogen-bond donors (Lipinski definition) is 2. The summed E-state index contributed by atoms with van der Waals surface area (Å²) in [6, 6.07) is 11.7. The van der Waals surface area contributed by atoms with E-state index in [1.54, 1.807) is 0 Å². The Morgan fingerprint density at radius 1 is 0.837 bits per heavy atom. The van der Waals surface area contributed by atoms with Crippen molar-refractivity contribution >= 4 is 48.6 Å². The third-order valence-electron chi connectivity index (χ3n) is 5.92. The molecule has 0 saturated heterocycles. The van der Waals surface area contributed by atoms with Gasteiger partial charge >= 0.3 is 11.9 Å². The SMILES string of the molecule is C[Si](C)(CCCC(=O)Oc1ccc(S(=O)(=O)N=[N+]=[N-])cc1)O[Si](C)(C)CCCC(=O)Oc1ccc(S(=O)(=O)[N-][NH2+]N)cc1. The highest BCUT2D eigenvalue weighted by atomic mass is 32.2. The minimum absolute atomic E-state index is 0.0724. The van der Waals surface area contributed by atoms with Gasteiger partial charge in [0.25, 0.3) is 10.0 Å². The average molecular weight is 673 g/mol. The molecule has 0 unspecified atom stereocenters.